The van der Waals surface area contributed by atoms with Crippen molar-refractivity contribution in [1.82, 2.24) is 4.98 Å². The fraction of sp³-hybridized carbons (Fsp3) is 0.455. The van der Waals surface area contributed by atoms with E-state index in [-0.39, 0.29) is 0 Å². The standard InChI is InChI=1S/C11H14BrNO2/c1-3-4-8(11(14)15)10-9(12)7(2)5-6-13-10/h5-6,8H,3-4H2,1-2H3,(H,14,15). The number of hydrogen-bond donors (Lipinski definition) is 1. The Morgan fingerprint density at radius 2 is 2.33 bits per heavy atom. The number of pyridine rings is 1. The van der Waals surface area contributed by atoms with Crippen LogP contribution in [0.2, 0.25) is 0 Å². The summed E-state index contributed by atoms with van der Waals surface area (Å²) in [5.74, 6) is -1.32. The lowest BCUT2D eigenvalue weighted by Crippen LogP contribution is -2.14. The van der Waals surface area contributed by atoms with Gasteiger partial charge in [0.15, 0.2) is 0 Å². The Kier molecular flexibility index (Phi) is 4.27. The van der Waals surface area contributed by atoms with E-state index < -0.39 is 11.9 Å². The first kappa shape index (κ1) is 12.2. The topological polar surface area (TPSA) is 50.2 Å². The molecule has 1 atom stereocenters. The molecule has 15 heavy (non-hydrogen) atoms. The summed E-state index contributed by atoms with van der Waals surface area (Å²) >= 11 is 3.39. The fourth-order valence-corrected chi connectivity index (χ4v) is 1.98. The average molecular weight is 272 g/mol. The zero-order valence-corrected chi connectivity index (χ0v) is 10.4. The second-order valence-electron chi connectivity index (χ2n) is 3.51. The number of aryl methyl sites for hydroxylation is 1. The molecule has 0 aliphatic carbocycles. The van der Waals surface area contributed by atoms with Crippen LogP contribution in [-0.2, 0) is 4.79 Å². The van der Waals surface area contributed by atoms with Gasteiger partial charge in [-0.3, -0.25) is 9.78 Å². The molecule has 0 fully saturated rings. The number of hydrogen-bond acceptors (Lipinski definition) is 2. The highest BCUT2D eigenvalue weighted by molar-refractivity contribution is 9.10. The van der Waals surface area contributed by atoms with E-state index in [0.29, 0.717) is 12.1 Å². The molecule has 0 saturated carbocycles. The first-order valence-corrected chi connectivity index (χ1v) is 5.71. The minimum atomic E-state index is -0.810. The number of halogens is 1. The summed E-state index contributed by atoms with van der Waals surface area (Å²) in [6, 6.07) is 1.86. The van der Waals surface area contributed by atoms with Crippen LogP contribution in [0.4, 0.5) is 0 Å². The molecule has 0 amide bonds. The van der Waals surface area contributed by atoms with Crippen LogP contribution in [0, 0.1) is 6.92 Å². The van der Waals surface area contributed by atoms with Crippen molar-refractivity contribution in [2.24, 2.45) is 0 Å². The van der Waals surface area contributed by atoms with Crippen LogP contribution in [0.3, 0.4) is 0 Å². The van der Waals surface area contributed by atoms with Crippen LogP contribution >= 0.6 is 15.9 Å². The molecule has 1 unspecified atom stereocenters. The zero-order chi connectivity index (χ0) is 11.4. The third-order valence-corrected chi connectivity index (χ3v) is 3.35. The Morgan fingerprint density at radius 3 is 2.87 bits per heavy atom. The van der Waals surface area contributed by atoms with E-state index >= 15 is 0 Å². The zero-order valence-electron chi connectivity index (χ0n) is 8.83. The van der Waals surface area contributed by atoms with Crippen molar-refractivity contribution in [1.29, 1.82) is 0 Å². The van der Waals surface area contributed by atoms with E-state index in [4.69, 9.17) is 5.11 Å². The highest BCUT2D eigenvalue weighted by Gasteiger charge is 2.23. The molecule has 1 heterocycles. The predicted octanol–water partition coefficient (Wildman–Crippen LogP) is 3.12. The maximum atomic E-state index is 11.1. The maximum absolute atomic E-state index is 11.1. The van der Waals surface area contributed by atoms with Gasteiger partial charge in [0.05, 0.1) is 11.6 Å². The Balaban J connectivity index is 3.11. The third-order valence-electron chi connectivity index (χ3n) is 2.31. The molecule has 4 heteroatoms. The molecular weight excluding hydrogens is 258 g/mol. The summed E-state index contributed by atoms with van der Waals surface area (Å²) in [5.41, 5.74) is 1.65. The van der Waals surface area contributed by atoms with E-state index in [2.05, 4.69) is 20.9 Å². The number of nitrogens with zero attached hydrogens (tertiary/aromatic N) is 1. The van der Waals surface area contributed by atoms with Crippen molar-refractivity contribution < 1.29 is 9.90 Å². The molecule has 0 radical (unpaired) electrons. The van der Waals surface area contributed by atoms with Crippen molar-refractivity contribution >= 4 is 21.9 Å². The van der Waals surface area contributed by atoms with E-state index in [9.17, 15) is 4.79 Å². The fourth-order valence-electron chi connectivity index (χ4n) is 1.47. The molecule has 0 bridgehead atoms. The van der Waals surface area contributed by atoms with Crippen molar-refractivity contribution in [3.8, 4) is 0 Å². The molecule has 1 N–H and O–H groups in total. The lowest BCUT2D eigenvalue weighted by molar-refractivity contribution is -0.139. The third kappa shape index (κ3) is 2.78. The van der Waals surface area contributed by atoms with E-state index in [1.165, 1.54) is 0 Å². The largest absolute Gasteiger partial charge is 0.481 e. The van der Waals surface area contributed by atoms with Gasteiger partial charge in [0.2, 0.25) is 0 Å². The summed E-state index contributed by atoms with van der Waals surface area (Å²) in [7, 11) is 0. The number of carbonyl (C=O) groups is 1. The van der Waals surface area contributed by atoms with Gasteiger partial charge >= 0.3 is 5.97 Å². The quantitative estimate of drug-likeness (QED) is 0.916. The van der Waals surface area contributed by atoms with Crippen molar-refractivity contribution in [3.63, 3.8) is 0 Å². The summed E-state index contributed by atoms with van der Waals surface area (Å²) < 4.78 is 0.811. The highest BCUT2D eigenvalue weighted by Crippen LogP contribution is 2.28. The minimum Gasteiger partial charge on any atom is -0.481 e. The molecule has 0 aromatic carbocycles. The molecule has 0 aliphatic heterocycles. The molecule has 82 valence electrons. The Morgan fingerprint density at radius 1 is 1.67 bits per heavy atom. The smallest absolute Gasteiger partial charge is 0.312 e. The van der Waals surface area contributed by atoms with Crippen molar-refractivity contribution in [3.05, 3.63) is 28.0 Å². The monoisotopic (exact) mass is 271 g/mol. The molecule has 1 aromatic rings. The number of rotatable bonds is 4. The Hall–Kier alpha value is -0.900. The van der Waals surface area contributed by atoms with E-state index in [1.54, 1.807) is 6.20 Å². The van der Waals surface area contributed by atoms with Gasteiger partial charge in [0.25, 0.3) is 0 Å². The number of aliphatic carboxylic acids is 1. The van der Waals surface area contributed by atoms with Gasteiger partial charge in [-0.2, -0.15) is 0 Å². The molecule has 1 rings (SSSR count). The van der Waals surface area contributed by atoms with Crippen LogP contribution in [0.1, 0.15) is 36.9 Å². The number of carboxylic acid groups (broad SMARTS) is 1. The van der Waals surface area contributed by atoms with E-state index in [0.717, 1.165) is 16.5 Å². The Bertz CT molecular complexity index is 366. The summed E-state index contributed by atoms with van der Waals surface area (Å²) in [6.45, 7) is 3.90. The lowest BCUT2D eigenvalue weighted by atomic mass is 9.98. The molecule has 1 aromatic heterocycles. The SMILES string of the molecule is CCCC(C(=O)O)c1nccc(C)c1Br. The van der Waals surface area contributed by atoms with Crippen molar-refractivity contribution in [2.45, 2.75) is 32.6 Å². The maximum Gasteiger partial charge on any atom is 0.312 e. The van der Waals surface area contributed by atoms with Gasteiger partial charge in [-0.15, -0.1) is 0 Å². The van der Waals surface area contributed by atoms with Crippen LogP contribution < -0.4 is 0 Å². The normalized spacial score (nSPS) is 12.5. The molecular formula is C11H14BrNO2. The molecule has 0 spiro atoms. The van der Waals surface area contributed by atoms with Gasteiger partial charge in [-0.1, -0.05) is 13.3 Å². The van der Waals surface area contributed by atoms with Gasteiger partial charge in [-0.25, -0.2) is 0 Å². The molecule has 0 aliphatic rings. The van der Waals surface area contributed by atoms with Crippen molar-refractivity contribution in [2.75, 3.05) is 0 Å². The van der Waals surface area contributed by atoms with Crippen LogP contribution in [0.5, 0.6) is 0 Å². The van der Waals surface area contributed by atoms with Gasteiger partial charge in [-0.05, 0) is 40.9 Å². The van der Waals surface area contributed by atoms with Gasteiger partial charge in [0.1, 0.15) is 0 Å². The van der Waals surface area contributed by atoms with Gasteiger partial charge < -0.3 is 5.11 Å². The number of carboxylic acids is 1. The number of aromatic nitrogens is 1. The summed E-state index contributed by atoms with van der Waals surface area (Å²) in [5, 5.41) is 9.11. The second-order valence-corrected chi connectivity index (χ2v) is 4.30. The van der Waals surface area contributed by atoms with Crippen LogP contribution in [-0.4, -0.2) is 16.1 Å². The highest BCUT2D eigenvalue weighted by atomic mass is 79.9. The molecule has 3 nitrogen and oxygen atoms in total. The van der Waals surface area contributed by atoms with Crippen LogP contribution in [0.15, 0.2) is 16.7 Å². The first-order valence-electron chi connectivity index (χ1n) is 4.91. The first-order chi connectivity index (χ1) is 7.07. The van der Waals surface area contributed by atoms with E-state index in [1.807, 2.05) is 19.9 Å². The minimum absolute atomic E-state index is 0.510. The summed E-state index contributed by atoms with van der Waals surface area (Å²) in [4.78, 5) is 15.2. The second kappa shape index (κ2) is 5.26. The summed E-state index contributed by atoms with van der Waals surface area (Å²) in [6.07, 6.45) is 3.10. The van der Waals surface area contributed by atoms with Gasteiger partial charge in [0, 0.05) is 10.7 Å². The van der Waals surface area contributed by atoms with Crippen LogP contribution in [0.25, 0.3) is 0 Å². The average Bonchev–Trinajstić information content (AvgIpc) is 2.19. The lowest BCUT2D eigenvalue weighted by Gasteiger charge is -2.13. The Labute approximate surface area is 97.7 Å². The predicted molar refractivity (Wildman–Crippen MR) is 62.0 cm³/mol. The molecule has 0 saturated heterocycles.